The maximum Gasteiger partial charge on any atom is 0.132 e. The smallest absolute Gasteiger partial charge is 0.132 e. The van der Waals surface area contributed by atoms with Gasteiger partial charge in [0.15, 0.2) is 0 Å². The van der Waals surface area contributed by atoms with Crippen LogP contribution >= 0.6 is 11.8 Å². The van der Waals surface area contributed by atoms with Crippen molar-refractivity contribution in [1.82, 2.24) is 5.32 Å². The van der Waals surface area contributed by atoms with Crippen molar-refractivity contribution < 1.29 is 4.74 Å². The summed E-state index contributed by atoms with van der Waals surface area (Å²) in [7, 11) is 1.74. The molecule has 0 bridgehead atoms. The molecular weight excluding hydrogens is 206 g/mol. The minimum atomic E-state index is 0.695. The maximum absolute atomic E-state index is 5.37. The molecule has 82 valence electrons. The van der Waals surface area contributed by atoms with Gasteiger partial charge in [-0.25, -0.2) is 0 Å². The molecule has 15 heavy (non-hydrogen) atoms. The van der Waals surface area contributed by atoms with E-state index in [1.165, 1.54) is 16.9 Å². The minimum Gasteiger partial charge on any atom is -0.496 e. The monoisotopic (exact) mass is 223 g/mol. The number of ether oxygens (including phenoxy) is 1. The lowest BCUT2D eigenvalue weighted by Gasteiger charge is -2.12. The van der Waals surface area contributed by atoms with Crippen molar-refractivity contribution in [1.29, 1.82) is 0 Å². The first-order valence-corrected chi connectivity index (χ1v) is 6.19. The normalized spacial score (nSPS) is 20.5. The summed E-state index contributed by atoms with van der Waals surface area (Å²) in [5.41, 5.74) is 1.30. The van der Waals surface area contributed by atoms with Crippen LogP contribution in [-0.2, 0) is 0 Å². The fraction of sp³-hybridized carbons (Fsp3) is 0.500. The molecule has 1 aliphatic rings. The van der Waals surface area contributed by atoms with Crippen LogP contribution in [0.1, 0.15) is 12.0 Å². The summed E-state index contributed by atoms with van der Waals surface area (Å²) in [6, 6.07) is 6.36. The van der Waals surface area contributed by atoms with Crippen molar-refractivity contribution in [2.75, 3.05) is 20.2 Å². The summed E-state index contributed by atoms with van der Waals surface area (Å²) in [5, 5.41) is 4.08. The first kappa shape index (κ1) is 10.8. The molecule has 0 spiro atoms. The Labute approximate surface area is 95.4 Å². The van der Waals surface area contributed by atoms with Crippen LogP contribution in [0.5, 0.6) is 5.75 Å². The summed E-state index contributed by atoms with van der Waals surface area (Å²) in [6.07, 6.45) is 1.25. The molecule has 0 radical (unpaired) electrons. The Hall–Kier alpha value is -0.670. The molecular formula is C12H17NOS. The molecule has 1 unspecified atom stereocenters. The van der Waals surface area contributed by atoms with Gasteiger partial charge in [-0.2, -0.15) is 0 Å². The maximum atomic E-state index is 5.37. The van der Waals surface area contributed by atoms with E-state index in [0.717, 1.165) is 18.8 Å². The van der Waals surface area contributed by atoms with E-state index in [4.69, 9.17) is 4.74 Å². The number of aryl methyl sites for hydroxylation is 1. The van der Waals surface area contributed by atoms with Crippen molar-refractivity contribution in [3.63, 3.8) is 0 Å². The van der Waals surface area contributed by atoms with Gasteiger partial charge < -0.3 is 10.1 Å². The summed E-state index contributed by atoms with van der Waals surface area (Å²) in [4.78, 5) is 1.27. The zero-order chi connectivity index (χ0) is 10.7. The molecule has 3 heteroatoms. The van der Waals surface area contributed by atoms with E-state index in [-0.39, 0.29) is 0 Å². The van der Waals surface area contributed by atoms with Crippen LogP contribution in [0.3, 0.4) is 0 Å². The number of benzene rings is 1. The average molecular weight is 223 g/mol. The highest BCUT2D eigenvalue weighted by atomic mass is 32.2. The summed E-state index contributed by atoms with van der Waals surface area (Å²) >= 11 is 1.93. The molecule has 1 atom stereocenters. The van der Waals surface area contributed by atoms with Crippen molar-refractivity contribution >= 4 is 11.8 Å². The summed E-state index contributed by atoms with van der Waals surface area (Å²) in [5.74, 6) is 0.998. The van der Waals surface area contributed by atoms with Gasteiger partial charge >= 0.3 is 0 Å². The van der Waals surface area contributed by atoms with E-state index in [1.807, 2.05) is 11.8 Å². The Balaban J connectivity index is 2.14. The van der Waals surface area contributed by atoms with E-state index in [1.54, 1.807) is 7.11 Å². The number of thioether (sulfide) groups is 1. The zero-order valence-corrected chi connectivity index (χ0v) is 10.1. The largest absolute Gasteiger partial charge is 0.496 e. The van der Waals surface area contributed by atoms with Gasteiger partial charge in [0.25, 0.3) is 0 Å². The average Bonchev–Trinajstić information content (AvgIpc) is 2.71. The lowest BCUT2D eigenvalue weighted by molar-refractivity contribution is 0.404. The van der Waals surface area contributed by atoms with Gasteiger partial charge in [-0.15, -0.1) is 11.8 Å². The van der Waals surface area contributed by atoms with Gasteiger partial charge in [-0.05, 0) is 37.6 Å². The molecule has 1 heterocycles. The SMILES string of the molecule is COc1ccc(C)cc1SC1CCNC1. The molecule has 2 rings (SSSR count). The van der Waals surface area contributed by atoms with Gasteiger partial charge in [0.2, 0.25) is 0 Å². The molecule has 1 saturated heterocycles. The van der Waals surface area contributed by atoms with Gasteiger partial charge in [0.1, 0.15) is 5.75 Å². The third kappa shape index (κ3) is 2.67. The number of rotatable bonds is 3. The Morgan fingerprint density at radius 3 is 3.00 bits per heavy atom. The van der Waals surface area contributed by atoms with Crippen molar-refractivity contribution in [2.24, 2.45) is 0 Å². The van der Waals surface area contributed by atoms with Crippen LogP contribution in [0.25, 0.3) is 0 Å². The van der Waals surface area contributed by atoms with Crippen molar-refractivity contribution in [3.8, 4) is 5.75 Å². The number of nitrogens with one attached hydrogen (secondary N) is 1. The van der Waals surface area contributed by atoms with Crippen LogP contribution in [0, 0.1) is 6.92 Å². The Kier molecular flexibility index (Phi) is 3.54. The number of hydrogen-bond acceptors (Lipinski definition) is 3. The zero-order valence-electron chi connectivity index (χ0n) is 9.25. The fourth-order valence-corrected chi connectivity index (χ4v) is 3.10. The van der Waals surface area contributed by atoms with Gasteiger partial charge in [0, 0.05) is 16.7 Å². The summed E-state index contributed by atoms with van der Waals surface area (Å²) < 4.78 is 5.37. The predicted octanol–water partition coefficient (Wildman–Crippen LogP) is 2.46. The number of hydrogen-bond donors (Lipinski definition) is 1. The third-order valence-corrected chi connectivity index (χ3v) is 3.94. The van der Waals surface area contributed by atoms with Crippen LogP contribution < -0.4 is 10.1 Å². The molecule has 1 N–H and O–H groups in total. The molecule has 1 fully saturated rings. The molecule has 2 nitrogen and oxygen atoms in total. The van der Waals surface area contributed by atoms with E-state index in [2.05, 4.69) is 30.4 Å². The Morgan fingerprint density at radius 1 is 1.47 bits per heavy atom. The van der Waals surface area contributed by atoms with E-state index in [9.17, 15) is 0 Å². The van der Waals surface area contributed by atoms with Gasteiger partial charge in [-0.1, -0.05) is 6.07 Å². The number of methoxy groups -OCH3 is 1. The quantitative estimate of drug-likeness (QED) is 0.850. The lowest BCUT2D eigenvalue weighted by Crippen LogP contribution is -2.10. The topological polar surface area (TPSA) is 21.3 Å². The third-order valence-electron chi connectivity index (χ3n) is 2.63. The summed E-state index contributed by atoms with van der Waals surface area (Å²) in [6.45, 7) is 4.38. The standard InChI is InChI=1S/C12H17NOS/c1-9-3-4-11(14-2)12(7-9)15-10-5-6-13-8-10/h3-4,7,10,13H,5-6,8H2,1-2H3. The van der Waals surface area contributed by atoms with Crippen LogP contribution in [0.2, 0.25) is 0 Å². The predicted molar refractivity (Wildman–Crippen MR) is 64.9 cm³/mol. The molecule has 0 aromatic heterocycles. The highest BCUT2D eigenvalue weighted by Crippen LogP contribution is 2.34. The van der Waals surface area contributed by atoms with E-state index in [0.29, 0.717) is 5.25 Å². The fourth-order valence-electron chi connectivity index (χ4n) is 1.78. The minimum absolute atomic E-state index is 0.695. The first-order valence-electron chi connectivity index (χ1n) is 5.31. The second-order valence-electron chi connectivity index (χ2n) is 3.89. The van der Waals surface area contributed by atoms with Crippen LogP contribution in [0.15, 0.2) is 23.1 Å². The van der Waals surface area contributed by atoms with E-state index < -0.39 is 0 Å². The molecule has 0 saturated carbocycles. The van der Waals surface area contributed by atoms with Crippen LogP contribution in [-0.4, -0.2) is 25.4 Å². The molecule has 1 aromatic rings. The van der Waals surface area contributed by atoms with E-state index >= 15 is 0 Å². The molecule has 0 aliphatic carbocycles. The van der Waals surface area contributed by atoms with Crippen LogP contribution in [0.4, 0.5) is 0 Å². The molecule has 0 amide bonds. The Morgan fingerprint density at radius 2 is 2.33 bits per heavy atom. The highest BCUT2D eigenvalue weighted by molar-refractivity contribution is 8.00. The second kappa shape index (κ2) is 4.90. The molecule has 1 aromatic carbocycles. The van der Waals surface area contributed by atoms with Gasteiger partial charge in [0.05, 0.1) is 7.11 Å². The van der Waals surface area contributed by atoms with Crippen molar-refractivity contribution in [3.05, 3.63) is 23.8 Å². The van der Waals surface area contributed by atoms with Crippen molar-refractivity contribution in [2.45, 2.75) is 23.5 Å². The van der Waals surface area contributed by atoms with Gasteiger partial charge in [-0.3, -0.25) is 0 Å². The molecule has 1 aliphatic heterocycles. The lowest BCUT2D eigenvalue weighted by atomic mass is 10.2. The Bertz CT molecular complexity index is 334. The highest BCUT2D eigenvalue weighted by Gasteiger charge is 2.17. The first-order chi connectivity index (χ1) is 7.29. The second-order valence-corrected chi connectivity index (χ2v) is 5.23.